The Bertz CT molecular complexity index is 1020. The maximum absolute atomic E-state index is 12.5. The van der Waals surface area contributed by atoms with E-state index in [1.165, 1.54) is 0 Å². The fourth-order valence-corrected chi connectivity index (χ4v) is 2.80. The minimum absolute atomic E-state index is 0.187. The third-order valence-corrected chi connectivity index (χ3v) is 4.17. The van der Waals surface area contributed by atoms with Gasteiger partial charge in [0, 0.05) is 28.5 Å². The number of imidazole rings is 1. The van der Waals surface area contributed by atoms with Gasteiger partial charge in [-0.2, -0.15) is 0 Å². The molecule has 0 atom stereocenters. The predicted molar refractivity (Wildman–Crippen MR) is 100 cm³/mol. The van der Waals surface area contributed by atoms with Gasteiger partial charge in [-0.3, -0.25) is 4.79 Å². The predicted octanol–water partition coefficient (Wildman–Crippen LogP) is 4.91. The van der Waals surface area contributed by atoms with Crippen LogP contribution in [0.1, 0.15) is 10.4 Å². The van der Waals surface area contributed by atoms with E-state index in [-0.39, 0.29) is 5.91 Å². The van der Waals surface area contributed by atoms with Crippen molar-refractivity contribution < 1.29 is 4.79 Å². The molecule has 0 bridgehead atoms. The highest BCUT2D eigenvalue weighted by atomic mass is 35.5. The molecule has 0 aliphatic heterocycles. The fraction of sp³-hybridized carbons (Fsp3) is 0. The number of para-hydroxylation sites is 1. The molecular weight excluding hydrogens is 334 g/mol. The lowest BCUT2D eigenvalue weighted by molar-refractivity contribution is 0.102. The van der Waals surface area contributed by atoms with Crippen LogP contribution in [0.15, 0.2) is 79.1 Å². The van der Waals surface area contributed by atoms with E-state index in [4.69, 9.17) is 11.6 Å². The number of hydrogen-bond donors (Lipinski definition) is 1. The molecule has 5 heteroatoms. The summed E-state index contributed by atoms with van der Waals surface area (Å²) in [5.41, 5.74) is 3.79. The number of anilines is 1. The number of nitrogens with zero attached hydrogens (tertiary/aromatic N) is 2. The molecule has 2 aromatic carbocycles. The van der Waals surface area contributed by atoms with E-state index in [9.17, 15) is 4.79 Å². The summed E-state index contributed by atoms with van der Waals surface area (Å²) < 4.78 is 1.95. The number of halogens is 1. The van der Waals surface area contributed by atoms with Gasteiger partial charge in [0.25, 0.3) is 5.91 Å². The van der Waals surface area contributed by atoms with Crippen LogP contribution in [0.2, 0.25) is 5.02 Å². The van der Waals surface area contributed by atoms with Crippen molar-refractivity contribution in [1.82, 2.24) is 9.38 Å². The average molecular weight is 348 g/mol. The van der Waals surface area contributed by atoms with Gasteiger partial charge in [0.2, 0.25) is 0 Å². The van der Waals surface area contributed by atoms with Gasteiger partial charge in [-0.15, -0.1) is 0 Å². The van der Waals surface area contributed by atoms with E-state index in [1.54, 1.807) is 24.3 Å². The number of benzene rings is 2. The molecule has 0 aliphatic rings. The number of aromatic nitrogens is 2. The highest BCUT2D eigenvalue weighted by molar-refractivity contribution is 6.30. The fourth-order valence-electron chi connectivity index (χ4n) is 2.68. The van der Waals surface area contributed by atoms with Crippen molar-refractivity contribution in [2.24, 2.45) is 0 Å². The van der Waals surface area contributed by atoms with E-state index in [2.05, 4.69) is 10.3 Å². The van der Waals surface area contributed by atoms with Gasteiger partial charge in [-0.1, -0.05) is 35.9 Å². The Kier molecular flexibility index (Phi) is 3.96. The molecule has 2 heterocycles. The summed E-state index contributed by atoms with van der Waals surface area (Å²) in [5, 5.41) is 3.56. The second kappa shape index (κ2) is 6.42. The molecular formula is C20H14ClN3O. The normalized spacial score (nSPS) is 10.8. The van der Waals surface area contributed by atoms with Gasteiger partial charge < -0.3 is 9.72 Å². The first-order chi connectivity index (χ1) is 12.2. The lowest BCUT2D eigenvalue weighted by Crippen LogP contribution is -2.12. The highest BCUT2D eigenvalue weighted by Gasteiger charge is 2.12. The number of amides is 1. The number of carbonyl (C=O) groups excluding carboxylic acids is 1. The van der Waals surface area contributed by atoms with Crippen LogP contribution in [0.5, 0.6) is 0 Å². The first-order valence-electron chi connectivity index (χ1n) is 7.81. The minimum atomic E-state index is -0.187. The van der Waals surface area contributed by atoms with E-state index in [0.29, 0.717) is 16.3 Å². The second-order valence-corrected chi connectivity index (χ2v) is 6.04. The molecule has 4 aromatic rings. The molecule has 0 spiro atoms. The van der Waals surface area contributed by atoms with E-state index < -0.39 is 0 Å². The number of rotatable bonds is 3. The first-order valence-corrected chi connectivity index (χ1v) is 8.18. The Morgan fingerprint density at radius 1 is 0.960 bits per heavy atom. The third kappa shape index (κ3) is 3.12. The Labute approximate surface area is 149 Å². The summed E-state index contributed by atoms with van der Waals surface area (Å²) in [6, 6.07) is 20.3. The van der Waals surface area contributed by atoms with Crippen molar-refractivity contribution in [1.29, 1.82) is 0 Å². The zero-order valence-electron chi connectivity index (χ0n) is 13.2. The van der Waals surface area contributed by atoms with Crippen LogP contribution in [-0.2, 0) is 0 Å². The summed E-state index contributed by atoms with van der Waals surface area (Å²) in [6.07, 6.45) is 3.89. The molecule has 0 unspecified atom stereocenters. The van der Waals surface area contributed by atoms with Crippen LogP contribution in [0.3, 0.4) is 0 Å². The Morgan fingerprint density at radius 3 is 2.52 bits per heavy atom. The van der Waals surface area contributed by atoms with Crippen LogP contribution in [0.25, 0.3) is 16.9 Å². The zero-order chi connectivity index (χ0) is 17.2. The molecule has 4 nitrogen and oxygen atoms in total. The van der Waals surface area contributed by atoms with Gasteiger partial charge in [-0.05, 0) is 42.5 Å². The smallest absolute Gasteiger partial charge is 0.255 e. The molecule has 0 saturated carbocycles. The first kappa shape index (κ1) is 15.4. The molecule has 1 N–H and O–H groups in total. The topological polar surface area (TPSA) is 46.4 Å². The zero-order valence-corrected chi connectivity index (χ0v) is 13.9. The van der Waals surface area contributed by atoms with Crippen molar-refractivity contribution in [3.05, 3.63) is 89.7 Å². The molecule has 122 valence electrons. The third-order valence-electron chi connectivity index (χ3n) is 3.92. The van der Waals surface area contributed by atoms with Crippen LogP contribution in [0.4, 0.5) is 5.69 Å². The van der Waals surface area contributed by atoms with Crippen molar-refractivity contribution in [2.75, 3.05) is 5.32 Å². The molecule has 25 heavy (non-hydrogen) atoms. The van der Waals surface area contributed by atoms with E-state index in [1.807, 2.05) is 59.3 Å². The van der Waals surface area contributed by atoms with Crippen molar-refractivity contribution in [2.45, 2.75) is 0 Å². The highest BCUT2D eigenvalue weighted by Crippen LogP contribution is 2.28. The van der Waals surface area contributed by atoms with Gasteiger partial charge in [0.1, 0.15) is 5.65 Å². The number of fused-ring (bicyclic) bond motifs is 1. The number of carbonyl (C=O) groups is 1. The SMILES string of the molecule is O=C(Nc1ccccc1-c1cn2ccccc2n1)c1ccc(Cl)cc1. The van der Waals surface area contributed by atoms with Gasteiger partial charge >= 0.3 is 0 Å². The van der Waals surface area contributed by atoms with Crippen molar-refractivity contribution in [3.8, 4) is 11.3 Å². The monoisotopic (exact) mass is 347 g/mol. The summed E-state index contributed by atoms with van der Waals surface area (Å²) in [7, 11) is 0. The van der Waals surface area contributed by atoms with Gasteiger partial charge in [-0.25, -0.2) is 4.98 Å². The average Bonchev–Trinajstić information content (AvgIpc) is 3.06. The minimum Gasteiger partial charge on any atom is -0.321 e. The summed E-state index contributed by atoms with van der Waals surface area (Å²) in [5.74, 6) is -0.187. The molecule has 1 amide bonds. The molecule has 2 aromatic heterocycles. The Balaban J connectivity index is 1.69. The standard InChI is InChI=1S/C20H14ClN3O/c21-15-10-8-14(9-11-15)20(25)23-17-6-2-1-5-16(17)18-13-24-12-4-3-7-19(24)22-18/h1-13H,(H,23,25). The Hall–Kier alpha value is -3.11. The summed E-state index contributed by atoms with van der Waals surface area (Å²) >= 11 is 5.88. The van der Waals surface area contributed by atoms with Crippen LogP contribution >= 0.6 is 11.6 Å². The lowest BCUT2D eigenvalue weighted by atomic mass is 10.1. The largest absolute Gasteiger partial charge is 0.321 e. The molecule has 0 aliphatic carbocycles. The number of pyridine rings is 1. The van der Waals surface area contributed by atoms with Gasteiger partial charge in [0.05, 0.1) is 11.4 Å². The van der Waals surface area contributed by atoms with Gasteiger partial charge in [0.15, 0.2) is 0 Å². The molecule has 4 rings (SSSR count). The summed E-state index contributed by atoms with van der Waals surface area (Å²) in [6.45, 7) is 0. The van der Waals surface area contributed by atoms with Crippen molar-refractivity contribution >= 4 is 28.8 Å². The lowest BCUT2D eigenvalue weighted by Gasteiger charge is -2.09. The van der Waals surface area contributed by atoms with Crippen LogP contribution < -0.4 is 5.32 Å². The van der Waals surface area contributed by atoms with Crippen LogP contribution in [0, 0.1) is 0 Å². The van der Waals surface area contributed by atoms with E-state index in [0.717, 1.165) is 16.9 Å². The van der Waals surface area contributed by atoms with Crippen LogP contribution in [-0.4, -0.2) is 15.3 Å². The molecule has 0 saturated heterocycles. The van der Waals surface area contributed by atoms with Crippen molar-refractivity contribution in [3.63, 3.8) is 0 Å². The molecule has 0 fully saturated rings. The van der Waals surface area contributed by atoms with E-state index >= 15 is 0 Å². The maximum Gasteiger partial charge on any atom is 0.255 e. The number of hydrogen-bond acceptors (Lipinski definition) is 2. The Morgan fingerprint density at radius 2 is 1.72 bits per heavy atom. The maximum atomic E-state index is 12.5. The quantitative estimate of drug-likeness (QED) is 0.572. The molecule has 0 radical (unpaired) electrons. The number of nitrogens with one attached hydrogen (secondary N) is 1. The second-order valence-electron chi connectivity index (χ2n) is 5.60. The summed E-state index contributed by atoms with van der Waals surface area (Å²) in [4.78, 5) is 17.1.